The second kappa shape index (κ2) is 9.59. The Balaban J connectivity index is 1.78. The predicted octanol–water partition coefficient (Wildman–Crippen LogP) is 4.59. The molecule has 0 radical (unpaired) electrons. The highest BCUT2D eigenvalue weighted by molar-refractivity contribution is 5.99. The van der Waals surface area contributed by atoms with Crippen molar-refractivity contribution < 1.29 is 24.5 Å². The summed E-state index contributed by atoms with van der Waals surface area (Å²) in [5.41, 5.74) is 4.40. The van der Waals surface area contributed by atoms with E-state index in [9.17, 15) is 19.4 Å². The van der Waals surface area contributed by atoms with Crippen molar-refractivity contribution in [1.29, 1.82) is 0 Å². The minimum atomic E-state index is -1.13. The molecule has 5 nitrogen and oxygen atoms in total. The van der Waals surface area contributed by atoms with Gasteiger partial charge in [0.2, 0.25) is 0 Å². The molecule has 0 saturated heterocycles. The number of hydrogen-bond donors (Lipinski definition) is 3. The maximum absolute atomic E-state index is 13.6. The minimum Gasteiger partial charge on any atom is -0.481 e. The van der Waals surface area contributed by atoms with Crippen LogP contribution >= 0.6 is 0 Å². The lowest BCUT2D eigenvalue weighted by Gasteiger charge is -2.16. The number of aliphatic carboxylic acids is 1. The van der Waals surface area contributed by atoms with Gasteiger partial charge in [0.05, 0.1) is 24.1 Å². The number of rotatable bonds is 9. The number of aromatic nitrogens is 1. The summed E-state index contributed by atoms with van der Waals surface area (Å²) in [6.07, 6.45) is 3.87. The molecule has 1 aromatic heterocycles. The summed E-state index contributed by atoms with van der Waals surface area (Å²) in [7, 11) is 0. The maximum Gasteiger partial charge on any atom is 0.305 e. The number of carboxylic acid groups (broad SMARTS) is 1. The second-order valence-corrected chi connectivity index (χ2v) is 8.43. The maximum atomic E-state index is 13.6. The van der Waals surface area contributed by atoms with Crippen molar-refractivity contribution in [3.8, 4) is 11.1 Å². The topological polar surface area (TPSA) is 90.7 Å². The molecule has 1 aliphatic carbocycles. The number of hydrogen-bond acceptors (Lipinski definition) is 4. The molecule has 2 aromatic carbocycles. The fourth-order valence-electron chi connectivity index (χ4n) is 3.99. The van der Waals surface area contributed by atoms with Gasteiger partial charge in [0.25, 0.3) is 0 Å². The zero-order valence-electron chi connectivity index (χ0n) is 17.6. The van der Waals surface area contributed by atoms with Gasteiger partial charge in [0.1, 0.15) is 5.82 Å². The van der Waals surface area contributed by atoms with E-state index in [0.29, 0.717) is 5.92 Å². The van der Waals surface area contributed by atoms with Crippen LogP contribution in [0.2, 0.25) is 0 Å². The van der Waals surface area contributed by atoms with Crippen LogP contribution in [0.3, 0.4) is 0 Å². The monoisotopic (exact) mass is 435 g/mol. The molecule has 6 heteroatoms. The van der Waals surface area contributed by atoms with Crippen LogP contribution in [0.4, 0.5) is 4.39 Å². The first-order chi connectivity index (χ1) is 15.4. The average molecular weight is 435 g/mol. The predicted molar refractivity (Wildman–Crippen MR) is 121 cm³/mol. The molecule has 0 unspecified atom stereocenters. The molecule has 2 atom stereocenters. The quantitative estimate of drug-likeness (QED) is 0.457. The largest absolute Gasteiger partial charge is 0.481 e. The second-order valence-electron chi connectivity index (χ2n) is 8.43. The van der Waals surface area contributed by atoms with Gasteiger partial charge in [-0.1, -0.05) is 42.5 Å². The molecule has 1 saturated carbocycles. The first kappa shape index (κ1) is 22.1. The van der Waals surface area contributed by atoms with E-state index in [0.717, 1.165) is 52.5 Å². The number of aliphatic hydroxyl groups is 2. The lowest BCUT2D eigenvalue weighted by molar-refractivity contribution is -0.139. The fourth-order valence-corrected chi connectivity index (χ4v) is 3.99. The van der Waals surface area contributed by atoms with Crippen LogP contribution in [-0.4, -0.2) is 38.5 Å². The van der Waals surface area contributed by atoms with E-state index >= 15 is 0 Å². The van der Waals surface area contributed by atoms with Gasteiger partial charge in [0, 0.05) is 28.6 Å². The van der Waals surface area contributed by atoms with Crippen molar-refractivity contribution in [3.05, 3.63) is 71.7 Å². The van der Waals surface area contributed by atoms with E-state index in [2.05, 4.69) is 0 Å². The van der Waals surface area contributed by atoms with Gasteiger partial charge in [-0.25, -0.2) is 4.39 Å². The molecular weight excluding hydrogens is 409 g/mol. The number of nitrogens with zero attached hydrogens (tertiary/aromatic N) is 1. The van der Waals surface area contributed by atoms with Gasteiger partial charge < -0.3 is 15.3 Å². The number of aliphatic hydroxyl groups excluding tert-OH is 2. The van der Waals surface area contributed by atoms with Crippen LogP contribution < -0.4 is 0 Å². The zero-order valence-corrected chi connectivity index (χ0v) is 17.6. The van der Waals surface area contributed by atoms with E-state index in [1.165, 1.54) is 12.1 Å². The van der Waals surface area contributed by atoms with Gasteiger partial charge in [-0.05, 0) is 48.9 Å². The van der Waals surface area contributed by atoms with E-state index in [1.807, 2.05) is 24.3 Å². The van der Waals surface area contributed by atoms with Crippen molar-refractivity contribution in [3.63, 3.8) is 0 Å². The van der Waals surface area contributed by atoms with Crippen molar-refractivity contribution in [2.45, 2.75) is 44.3 Å². The normalized spacial score (nSPS) is 15.8. The third kappa shape index (κ3) is 5.39. The molecule has 0 bridgehead atoms. The highest BCUT2D eigenvalue weighted by atomic mass is 19.1. The van der Waals surface area contributed by atoms with Crippen LogP contribution in [0.5, 0.6) is 0 Å². The Bertz CT molecular complexity index is 1140. The lowest BCUT2D eigenvalue weighted by Crippen LogP contribution is -2.19. The first-order valence-electron chi connectivity index (χ1n) is 10.8. The third-order valence-electron chi connectivity index (χ3n) is 5.73. The van der Waals surface area contributed by atoms with E-state index in [4.69, 9.17) is 10.1 Å². The molecule has 1 fully saturated rings. The Morgan fingerprint density at radius 2 is 1.84 bits per heavy atom. The van der Waals surface area contributed by atoms with Crippen LogP contribution in [0.1, 0.15) is 36.9 Å². The van der Waals surface area contributed by atoms with Crippen molar-refractivity contribution >= 4 is 22.9 Å². The van der Waals surface area contributed by atoms with Gasteiger partial charge in [0.15, 0.2) is 0 Å². The Kier molecular flexibility index (Phi) is 6.63. The van der Waals surface area contributed by atoms with Crippen molar-refractivity contribution in [2.24, 2.45) is 5.92 Å². The van der Waals surface area contributed by atoms with Gasteiger partial charge in [-0.15, -0.1) is 0 Å². The summed E-state index contributed by atoms with van der Waals surface area (Å²) in [5.74, 6) is -0.845. The number of para-hydroxylation sites is 1. The molecular formula is C26H26FNO4. The summed E-state index contributed by atoms with van der Waals surface area (Å²) in [5, 5.41) is 30.0. The van der Waals surface area contributed by atoms with Gasteiger partial charge >= 0.3 is 5.97 Å². The highest BCUT2D eigenvalue weighted by Gasteiger charge is 2.25. The molecule has 3 aromatic rings. The summed E-state index contributed by atoms with van der Waals surface area (Å²) in [6, 6.07) is 14.1. The zero-order chi connectivity index (χ0) is 22.7. The van der Waals surface area contributed by atoms with Crippen LogP contribution in [0, 0.1) is 11.7 Å². The molecule has 1 heterocycles. The molecule has 1 aliphatic rings. The number of benzene rings is 2. The van der Waals surface area contributed by atoms with Crippen LogP contribution in [0.25, 0.3) is 28.1 Å². The number of fused-ring (bicyclic) bond motifs is 1. The number of pyridine rings is 1. The molecule has 166 valence electrons. The smallest absolute Gasteiger partial charge is 0.305 e. The molecule has 0 amide bonds. The molecule has 0 spiro atoms. The molecule has 3 N–H and O–H groups in total. The Morgan fingerprint density at radius 1 is 1.12 bits per heavy atom. The van der Waals surface area contributed by atoms with Crippen LogP contribution in [-0.2, 0) is 11.2 Å². The standard InChI is InChI=1S/C26H26FNO4/c27-18-9-7-17(8-10-18)26-21-3-1-2-4-23(21)28-24(13-16-5-6-16)22(26)12-11-19(29)14-20(30)15-25(31)32/h1-4,7-12,16,19-20,29-30H,5-6,13-15H2,(H,31,32)/b12-11+/t19-,20-/m1/s1. The molecule has 4 rings (SSSR count). The van der Waals surface area contributed by atoms with Crippen LogP contribution in [0.15, 0.2) is 54.6 Å². The number of carboxylic acids is 1. The SMILES string of the molecule is O=C(O)C[C@H](O)C[C@H](O)/C=C/c1c(CC2CC2)nc2ccccc2c1-c1ccc(F)cc1. The first-order valence-corrected chi connectivity index (χ1v) is 10.8. The van der Waals surface area contributed by atoms with Crippen molar-refractivity contribution in [1.82, 2.24) is 4.98 Å². The van der Waals surface area contributed by atoms with Gasteiger partial charge in [-0.2, -0.15) is 0 Å². The number of halogens is 1. The highest BCUT2D eigenvalue weighted by Crippen LogP contribution is 2.38. The third-order valence-corrected chi connectivity index (χ3v) is 5.73. The lowest BCUT2D eigenvalue weighted by atomic mass is 9.92. The van der Waals surface area contributed by atoms with Gasteiger partial charge in [-0.3, -0.25) is 9.78 Å². The Labute approximate surface area is 185 Å². The summed E-state index contributed by atoms with van der Waals surface area (Å²) in [6.45, 7) is 0. The minimum absolute atomic E-state index is 0.0757. The summed E-state index contributed by atoms with van der Waals surface area (Å²) >= 11 is 0. The molecule has 32 heavy (non-hydrogen) atoms. The number of carbonyl (C=O) groups is 1. The Morgan fingerprint density at radius 3 is 2.53 bits per heavy atom. The van der Waals surface area contributed by atoms with E-state index in [-0.39, 0.29) is 12.2 Å². The fraction of sp³-hybridized carbons (Fsp3) is 0.308. The summed E-state index contributed by atoms with van der Waals surface area (Å²) < 4.78 is 13.6. The summed E-state index contributed by atoms with van der Waals surface area (Å²) in [4.78, 5) is 15.7. The molecule has 0 aliphatic heterocycles. The van der Waals surface area contributed by atoms with Crippen molar-refractivity contribution in [2.75, 3.05) is 0 Å². The van der Waals surface area contributed by atoms with E-state index < -0.39 is 24.6 Å². The Hall–Kier alpha value is -3.09. The van der Waals surface area contributed by atoms with E-state index in [1.54, 1.807) is 24.3 Å². The average Bonchev–Trinajstić information content (AvgIpc) is 3.56.